The third kappa shape index (κ3) is 2.44. The zero-order valence-electron chi connectivity index (χ0n) is 12.1. The van der Waals surface area contributed by atoms with E-state index < -0.39 is 17.8 Å². The molecule has 4 heterocycles. The van der Waals surface area contributed by atoms with Crippen LogP contribution in [0.15, 0.2) is 5.03 Å². The van der Waals surface area contributed by atoms with Gasteiger partial charge in [-0.05, 0) is 12.3 Å². The first-order valence-electron chi connectivity index (χ1n) is 7.40. The normalized spacial score (nSPS) is 31.4. The number of hydrogen-bond donors (Lipinski definition) is 1. The number of carbonyl (C=O) groups is 2. The fourth-order valence-electron chi connectivity index (χ4n) is 3.56. The van der Waals surface area contributed by atoms with Gasteiger partial charge in [-0.15, -0.1) is 11.8 Å². The number of hydrogen-bond acceptors (Lipinski definition) is 10. The van der Waals surface area contributed by atoms with Gasteiger partial charge in [-0.3, -0.25) is 0 Å². The van der Waals surface area contributed by atoms with Crippen LogP contribution >= 0.6 is 23.5 Å². The molecule has 0 radical (unpaired) electrons. The van der Waals surface area contributed by atoms with Crippen LogP contribution in [0.2, 0.25) is 0 Å². The minimum Gasteiger partial charge on any atom is -0.400 e. The lowest BCUT2D eigenvalue weighted by Crippen LogP contribution is -2.51. The first-order valence-corrected chi connectivity index (χ1v) is 9.12. The summed E-state index contributed by atoms with van der Waals surface area (Å²) >= 11 is 2.67. The van der Waals surface area contributed by atoms with E-state index in [0.29, 0.717) is 31.2 Å². The number of aliphatic hydroxyl groups is 1. The van der Waals surface area contributed by atoms with E-state index in [0.717, 1.165) is 17.1 Å². The summed E-state index contributed by atoms with van der Waals surface area (Å²) in [5.74, 6) is -1.92. The van der Waals surface area contributed by atoms with Crippen molar-refractivity contribution in [1.29, 1.82) is 0 Å². The Kier molecular flexibility index (Phi) is 3.79. The Morgan fingerprint density at radius 3 is 2.83 bits per heavy atom. The van der Waals surface area contributed by atoms with Gasteiger partial charge in [0.25, 0.3) is 0 Å². The van der Waals surface area contributed by atoms with Crippen molar-refractivity contribution < 1.29 is 24.2 Å². The first-order chi connectivity index (χ1) is 11.1. The maximum Gasteiger partial charge on any atom is 0.421 e. The predicted molar refractivity (Wildman–Crippen MR) is 79.7 cm³/mol. The molecule has 0 aromatic carbocycles. The van der Waals surface area contributed by atoms with Crippen LogP contribution in [0.1, 0.15) is 24.5 Å². The van der Waals surface area contributed by atoms with Crippen molar-refractivity contribution in [1.82, 2.24) is 13.6 Å². The Labute approximate surface area is 140 Å². The van der Waals surface area contributed by atoms with Crippen LogP contribution in [-0.4, -0.2) is 62.1 Å². The van der Waals surface area contributed by atoms with Crippen molar-refractivity contribution in [3.63, 3.8) is 0 Å². The molecule has 2 bridgehead atoms. The van der Waals surface area contributed by atoms with Gasteiger partial charge in [0.1, 0.15) is 5.03 Å². The van der Waals surface area contributed by atoms with Crippen molar-refractivity contribution in [2.75, 3.05) is 25.4 Å². The molecule has 3 aliphatic rings. The molecule has 4 rings (SSSR count). The van der Waals surface area contributed by atoms with Gasteiger partial charge in [-0.25, -0.2) is 14.5 Å². The Balaban J connectivity index is 1.55. The molecule has 3 unspecified atom stereocenters. The smallest absolute Gasteiger partial charge is 0.400 e. The largest absolute Gasteiger partial charge is 0.421 e. The van der Waals surface area contributed by atoms with E-state index in [1.165, 1.54) is 23.5 Å². The second-order valence-electron chi connectivity index (χ2n) is 5.83. The highest BCUT2D eigenvalue weighted by Crippen LogP contribution is 2.48. The van der Waals surface area contributed by atoms with Gasteiger partial charge in [0, 0.05) is 31.2 Å². The molecule has 0 aliphatic carbocycles. The van der Waals surface area contributed by atoms with Crippen molar-refractivity contribution in [3.05, 3.63) is 5.69 Å². The number of nitrogens with zero attached hydrogens (tertiary/aromatic N) is 3. The number of carbonyl (C=O) groups excluding carboxylic acids is 2. The molecule has 1 aromatic heterocycles. The van der Waals surface area contributed by atoms with Crippen LogP contribution < -0.4 is 0 Å². The Morgan fingerprint density at radius 2 is 2.09 bits per heavy atom. The summed E-state index contributed by atoms with van der Waals surface area (Å²) in [6, 6.07) is 0. The predicted octanol–water partition coefficient (Wildman–Crippen LogP) is 0.186. The molecule has 3 aliphatic heterocycles. The van der Waals surface area contributed by atoms with Gasteiger partial charge in [-0.1, -0.05) is 0 Å². The van der Waals surface area contributed by atoms with Crippen molar-refractivity contribution >= 4 is 35.4 Å². The standard InChI is InChI=1S/C13H15N3O5S2/c17-3-4-22-10-9(14-23-15-10)8-6-16-5-7(8)1-2-13(16)20-11(18)12(19)21-13/h7-8,17H,1-6H2. The number of rotatable bonds is 4. The van der Waals surface area contributed by atoms with E-state index in [1.54, 1.807) is 0 Å². The topological polar surface area (TPSA) is 102 Å². The molecule has 3 fully saturated rings. The van der Waals surface area contributed by atoms with E-state index >= 15 is 0 Å². The van der Waals surface area contributed by atoms with Crippen LogP contribution in [0.4, 0.5) is 0 Å². The highest BCUT2D eigenvalue weighted by atomic mass is 32.2. The molecular formula is C13H15N3O5S2. The van der Waals surface area contributed by atoms with Crippen LogP contribution in [0.3, 0.4) is 0 Å². The quantitative estimate of drug-likeness (QED) is 0.459. The number of piperidine rings is 1. The van der Waals surface area contributed by atoms with Crippen LogP contribution in [0.25, 0.3) is 0 Å². The molecule has 124 valence electrons. The van der Waals surface area contributed by atoms with E-state index in [4.69, 9.17) is 14.6 Å². The highest BCUT2D eigenvalue weighted by molar-refractivity contribution is 7.99. The SMILES string of the molecule is O=C1OC2(CCC3CN2CC3c2nsnc2SCCO)OC1=O. The average molecular weight is 357 g/mol. The number of aromatic nitrogens is 2. The van der Waals surface area contributed by atoms with Crippen molar-refractivity contribution in [2.24, 2.45) is 5.92 Å². The fraction of sp³-hybridized carbons (Fsp3) is 0.692. The van der Waals surface area contributed by atoms with Gasteiger partial charge in [0.05, 0.1) is 24.0 Å². The number of esters is 2. The molecule has 1 aromatic rings. The summed E-state index contributed by atoms with van der Waals surface area (Å²) < 4.78 is 19.2. The molecule has 3 atom stereocenters. The number of aliphatic hydroxyl groups excluding tert-OH is 1. The maximum atomic E-state index is 11.4. The second-order valence-corrected chi connectivity index (χ2v) is 7.44. The molecule has 10 heteroatoms. The lowest BCUT2D eigenvalue weighted by atomic mass is 9.88. The first kappa shape index (κ1) is 15.3. The average Bonchev–Trinajstić information content (AvgIpc) is 3.20. The molecule has 0 amide bonds. The second kappa shape index (κ2) is 5.69. The molecular weight excluding hydrogens is 342 g/mol. The Bertz CT molecular complexity index is 635. The summed E-state index contributed by atoms with van der Waals surface area (Å²) in [6.45, 7) is 1.41. The van der Waals surface area contributed by atoms with Crippen LogP contribution in [0.5, 0.6) is 0 Å². The highest BCUT2D eigenvalue weighted by Gasteiger charge is 2.59. The molecule has 8 nitrogen and oxygen atoms in total. The Morgan fingerprint density at radius 1 is 1.30 bits per heavy atom. The molecule has 0 saturated carbocycles. The monoisotopic (exact) mass is 357 g/mol. The van der Waals surface area contributed by atoms with Crippen LogP contribution in [-0.2, 0) is 19.1 Å². The summed E-state index contributed by atoms with van der Waals surface area (Å²) in [5.41, 5.74) is 0.939. The third-order valence-electron chi connectivity index (χ3n) is 4.59. The number of ether oxygens (including phenoxy) is 2. The minimum absolute atomic E-state index is 0.0941. The van der Waals surface area contributed by atoms with E-state index in [1.807, 2.05) is 4.90 Å². The minimum atomic E-state index is -1.22. The van der Waals surface area contributed by atoms with Gasteiger partial charge in [-0.2, -0.15) is 8.75 Å². The fourth-order valence-corrected chi connectivity index (χ4v) is 5.08. The Hall–Kier alpha value is -1.23. The van der Waals surface area contributed by atoms with Gasteiger partial charge >= 0.3 is 17.8 Å². The summed E-state index contributed by atoms with van der Waals surface area (Å²) in [5, 5.41) is 9.85. The molecule has 3 saturated heterocycles. The number of thioether (sulfide) groups is 1. The van der Waals surface area contributed by atoms with E-state index in [2.05, 4.69) is 8.75 Å². The van der Waals surface area contributed by atoms with Gasteiger partial charge < -0.3 is 14.6 Å². The van der Waals surface area contributed by atoms with Gasteiger partial charge in [0.15, 0.2) is 0 Å². The van der Waals surface area contributed by atoms with Gasteiger partial charge in [0.2, 0.25) is 0 Å². The summed E-state index contributed by atoms with van der Waals surface area (Å²) in [4.78, 5) is 24.8. The van der Waals surface area contributed by atoms with E-state index in [9.17, 15) is 9.59 Å². The lowest BCUT2D eigenvalue weighted by molar-refractivity contribution is -0.257. The zero-order valence-corrected chi connectivity index (χ0v) is 13.8. The van der Waals surface area contributed by atoms with E-state index in [-0.39, 0.29) is 12.5 Å². The number of fused-ring (bicyclic) bond motifs is 3. The zero-order chi connectivity index (χ0) is 16.0. The summed E-state index contributed by atoms with van der Waals surface area (Å²) in [6.07, 6.45) is 1.28. The molecule has 23 heavy (non-hydrogen) atoms. The van der Waals surface area contributed by atoms with Crippen molar-refractivity contribution in [3.8, 4) is 0 Å². The molecule has 1 spiro atoms. The maximum absolute atomic E-state index is 11.4. The lowest BCUT2D eigenvalue weighted by Gasteiger charge is -2.37. The van der Waals surface area contributed by atoms with Crippen molar-refractivity contribution in [2.45, 2.75) is 29.7 Å². The molecule has 1 N–H and O–H groups in total. The third-order valence-corrected chi connectivity index (χ3v) is 6.21. The van der Waals surface area contributed by atoms with Crippen LogP contribution in [0, 0.1) is 5.92 Å². The summed E-state index contributed by atoms with van der Waals surface area (Å²) in [7, 11) is 0.